The van der Waals surface area contributed by atoms with Gasteiger partial charge in [0.05, 0.1) is 6.10 Å². The molecule has 0 fully saturated rings. The Morgan fingerprint density at radius 1 is 1.65 bits per heavy atom. The molecule has 7 heteroatoms. The normalized spacial score (nSPS) is 19.1. The number of rotatable bonds is 2. The largest absolute Gasteiger partial charge is 0.444 e. The number of fused-ring (bicyclic) bond motifs is 1. The van der Waals surface area contributed by atoms with Crippen molar-refractivity contribution in [3.8, 4) is 0 Å². The minimum Gasteiger partial charge on any atom is -0.444 e. The molecule has 1 aliphatic heterocycles. The molecule has 0 aromatic carbocycles. The van der Waals surface area contributed by atoms with E-state index in [1.54, 1.807) is 0 Å². The fraction of sp³-hybridized carbons (Fsp3) is 0.692. The highest BCUT2D eigenvalue weighted by Gasteiger charge is 2.20. The van der Waals surface area contributed by atoms with Crippen LogP contribution in [0.3, 0.4) is 0 Å². The molecule has 1 aromatic rings. The first-order valence-electron chi connectivity index (χ1n) is 6.63. The lowest BCUT2D eigenvalue weighted by atomic mass is 10.2. The second-order valence-electron chi connectivity index (χ2n) is 5.78. The van der Waals surface area contributed by atoms with E-state index in [9.17, 15) is 4.79 Å². The fourth-order valence-electron chi connectivity index (χ4n) is 1.96. The highest BCUT2D eigenvalue weighted by molar-refractivity contribution is 9.10. The molecule has 1 unspecified atom stereocenters. The number of alkyl carbamates (subject to hydrolysis) is 1. The summed E-state index contributed by atoms with van der Waals surface area (Å²) < 4.78 is 13.8. The van der Waals surface area contributed by atoms with Crippen LogP contribution in [0.15, 0.2) is 10.8 Å². The summed E-state index contributed by atoms with van der Waals surface area (Å²) in [6, 6.07) is 0. The van der Waals surface area contributed by atoms with Crippen molar-refractivity contribution in [3.63, 3.8) is 0 Å². The zero-order valence-corrected chi connectivity index (χ0v) is 13.6. The van der Waals surface area contributed by atoms with E-state index in [0.717, 1.165) is 23.4 Å². The number of aromatic nitrogens is 2. The minimum atomic E-state index is -0.483. The van der Waals surface area contributed by atoms with Gasteiger partial charge in [0.25, 0.3) is 0 Å². The molecule has 2 rings (SSSR count). The number of aryl methyl sites for hydroxylation is 1. The number of imidazole rings is 1. The average molecular weight is 346 g/mol. The number of halogens is 1. The van der Waals surface area contributed by atoms with Gasteiger partial charge in [-0.2, -0.15) is 0 Å². The van der Waals surface area contributed by atoms with Crippen LogP contribution in [0.1, 0.15) is 33.0 Å². The van der Waals surface area contributed by atoms with Gasteiger partial charge in [-0.05, 0) is 43.1 Å². The number of amides is 1. The van der Waals surface area contributed by atoms with Crippen LogP contribution in [0.5, 0.6) is 0 Å². The Morgan fingerprint density at radius 3 is 3.10 bits per heavy atom. The van der Waals surface area contributed by atoms with Gasteiger partial charge in [-0.15, -0.1) is 0 Å². The molecule has 1 amide bonds. The van der Waals surface area contributed by atoms with Gasteiger partial charge in [0.2, 0.25) is 0 Å². The van der Waals surface area contributed by atoms with E-state index in [0.29, 0.717) is 13.2 Å². The number of carbonyl (C=O) groups is 1. The van der Waals surface area contributed by atoms with E-state index in [4.69, 9.17) is 9.47 Å². The summed E-state index contributed by atoms with van der Waals surface area (Å²) in [5.74, 6) is 0.900. The SMILES string of the molecule is CC(C)(C)OC(=O)NCC1CCn2cc(Br)nc2CO1. The minimum absolute atomic E-state index is 0.0250. The van der Waals surface area contributed by atoms with Crippen molar-refractivity contribution in [2.24, 2.45) is 0 Å². The Kier molecular flexibility index (Phi) is 4.70. The third kappa shape index (κ3) is 4.49. The van der Waals surface area contributed by atoms with Crippen LogP contribution < -0.4 is 5.32 Å². The van der Waals surface area contributed by atoms with Gasteiger partial charge < -0.3 is 19.4 Å². The summed E-state index contributed by atoms with van der Waals surface area (Å²) in [5.41, 5.74) is -0.483. The smallest absolute Gasteiger partial charge is 0.407 e. The van der Waals surface area contributed by atoms with Gasteiger partial charge in [0.15, 0.2) is 0 Å². The predicted octanol–water partition coefficient (Wildman–Crippen LogP) is 2.46. The molecule has 1 atom stereocenters. The number of hydrogen-bond donors (Lipinski definition) is 1. The quantitative estimate of drug-likeness (QED) is 0.893. The second-order valence-corrected chi connectivity index (χ2v) is 6.59. The topological polar surface area (TPSA) is 65.4 Å². The lowest BCUT2D eigenvalue weighted by Gasteiger charge is -2.21. The van der Waals surface area contributed by atoms with Crippen LogP contribution in [-0.2, 0) is 22.6 Å². The Bertz CT molecular complexity index is 456. The molecule has 1 aromatic heterocycles. The third-order valence-corrected chi connectivity index (χ3v) is 3.22. The molecule has 0 bridgehead atoms. The van der Waals surface area contributed by atoms with E-state index in [2.05, 4.69) is 30.8 Å². The van der Waals surface area contributed by atoms with E-state index in [-0.39, 0.29) is 6.10 Å². The van der Waals surface area contributed by atoms with Crippen molar-refractivity contribution in [2.45, 2.75) is 52.0 Å². The van der Waals surface area contributed by atoms with Crippen LogP contribution in [-0.4, -0.2) is 33.9 Å². The number of carbonyl (C=O) groups excluding carboxylic acids is 1. The molecule has 0 saturated heterocycles. The number of hydrogen-bond acceptors (Lipinski definition) is 4. The second kappa shape index (κ2) is 6.13. The van der Waals surface area contributed by atoms with Crippen LogP contribution >= 0.6 is 15.9 Å². The van der Waals surface area contributed by atoms with Gasteiger partial charge in [0, 0.05) is 19.3 Å². The Labute approximate surface area is 127 Å². The van der Waals surface area contributed by atoms with Crippen molar-refractivity contribution in [3.05, 3.63) is 16.6 Å². The molecule has 0 spiro atoms. The lowest BCUT2D eigenvalue weighted by molar-refractivity contribution is 0.0272. The maximum absolute atomic E-state index is 11.6. The van der Waals surface area contributed by atoms with Gasteiger partial charge in [-0.1, -0.05) is 0 Å². The van der Waals surface area contributed by atoms with E-state index >= 15 is 0 Å². The lowest BCUT2D eigenvalue weighted by Crippen LogP contribution is -2.37. The Hall–Kier alpha value is -1.08. The molecule has 0 saturated carbocycles. The van der Waals surface area contributed by atoms with Crippen LogP contribution in [0.4, 0.5) is 4.79 Å². The maximum Gasteiger partial charge on any atom is 0.407 e. The number of nitrogens with zero attached hydrogens (tertiary/aromatic N) is 2. The summed E-state index contributed by atoms with van der Waals surface area (Å²) in [6.07, 6.45) is 2.34. The summed E-state index contributed by atoms with van der Waals surface area (Å²) in [4.78, 5) is 15.9. The monoisotopic (exact) mass is 345 g/mol. The summed E-state index contributed by atoms with van der Waals surface area (Å²) in [6.45, 7) is 7.24. The first-order valence-corrected chi connectivity index (χ1v) is 7.43. The van der Waals surface area contributed by atoms with Gasteiger partial charge in [0.1, 0.15) is 22.6 Å². The van der Waals surface area contributed by atoms with Crippen molar-refractivity contribution in [1.29, 1.82) is 0 Å². The van der Waals surface area contributed by atoms with Crippen molar-refractivity contribution >= 4 is 22.0 Å². The third-order valence-electron chi connectivity index (χ3n) is 2.84. The summed E-state index contributed by atoms with van der Waals surface area (Å²) >= 11 is 3.35. The summed E-state index contributed by atoms with van der Waals surface area (Å²) in [5, 5.41) is 2.74. The molecule has 0 radical (unpaired) electrons. The zero-order valence-electron chi connectivity index (χ0n) is 12.0. The zero-order chi connectivity index (χ0) is 14.8. The van der Waals surface area contributed by atoms with Crippen molar-refractivity contribution in [1.82, 2.24) is 14.9 Å². The highest BCUT2D eigenvalue weighted by Crippen LogP contribution is 2.17. The van der Waals surface area contributed by atoms with Gasteiger partial charge >= 0.3 is 6.09 Å². The molecule has 1 N–H and O–H groups in total. The van der Waals surface area contributed by atoms with Gasteiger partial charge in [-0.3, -0.25) is 0 Å². The van der Waals surface area contributed by atoms with Crippen LogP contribution in [0.2, 0.25) is 0 Å². The Balaban J connectivity index is 1.79. The molecular weight excluding hydrogens is 326 g/mol. The molecular formula is C13H20BrN3O3. The molecule has 6 nitrogen and oxygen atoms in total. The van der Waals surface area contributed by atoms with Crippen LogP contribution in [0.25, 0.3) is 0 Å². The standard InChI is InChI=1S/C13H20BrN3O3/c1-13(2,3)20-12(18)15-6-9-4-5-17-7-10(14)16-11(17)8-19-9/h7,9H,4-6,8H2,1-3H3,(H,15,18). The fourth-order valence-corrected chi connectivity index (χ4v) is 2.41. The molecule has 0 aliphatic carbocycles. The van der Waals surface area contributed by atoms with E-state index < -0.39 is 11.7 Å². The first-order chi connectivity index (χ1) is 9.33. The summed E-state index contributed by atoms with van der Waals surface area (Å²) in [7, 11) is 0. The predicted molar refractivity (Wildman–Crippen MR) is 77.4 cm³/mol. The molecule has 20 heavy (non-hydrogen) atoms. The van der Waals surface area contributed by atoms with E-state index in [1.165, 1.54) is 0 Å². The van der Waals surface area contributed by atoms with Gasteiger partial charge in [-0.25, -0.2) is 9.78 Å². The molecule has 2 heterocycles. The highest BCUT2D eigenvalue weighted by atomic mass is 79.9. The average Bonchev–Trinajstić information content (AvgIpc) is 2.56. The van der Waals surface area contributed by atoms with Crippen molar-refractivity contribution < 1.29 is 14.3 Å². The maximum atomic E-state index is 11.6. The molecule has 1 aliphatic rings. The number of ether oxygens (including phenoxy) is 2. The number of nitrogens with one attached hydrogen (secondary N) is 1. The van der Waals surface area contributed by atoms with Crippen molar-refractivity contribution in [2.75, 3.05) is 6.54 Å². The molecule has 112 valence electrons. The van der Waals surface area contributed by atoms with E-state index in [1.807, 2.05) is 27.0 Å². The van der Waals surface area contributed by atoms with Crippen LogP contribution in [0, 0.1) is 0 Å². The Morgan fingerprint density at radius 2 is 2.40 bits per heavy atom. The first kappa shape index (κ1) is 15.3.